The monoisotopic (exact) mass is 417 g/mol. The van der Waals surface area contributed by atoms with Gasteiger partial charge in [0.25, 0.3) is 5.91 Å². The molecular formula is C20H24BrN3O2. The maximum Gasteiger partial charge on any atom is 0.262 e. The van der Waals surface area contributed by atoms with Crippen molar-refractivity contribution in [1.82, 2.24) is 4.90 Å². The van der Waals surface area contributed by atoms with Crippen molar-refractivity contribution in [2.75, 3.05) is 7.11 Å². The molecular weight excluding hydrogens is 394 g/mol. The predicted molar refractivity (Wildman–Crippen MR) is 103 cm³/mol. The number of benzene rings is 1. The predicted octanol–water partition coefficient (Wildman–Crippen LogP) is 3.10. The number of nitrogens with zero attached hydrogens (tertiary/aromatic N) is 2. The average molecular weight is 418 g/mol. The maximum absolute atomic E-state index is 13.8. The molecule has 1 unspecified atom stereocenters. The summed E-state index contributed by atoms with van der Waals surface area (Å²) in [4.78, 5) is 20.6. The first-order valence-corrected chi connectivity index (χ1v) is 10.3. The summed E-state index contributed by atoms with van der Waals surface area (Å²) in [6, 6.07) is 6.56. The van der Waals surface area contributed by atoms with E-state index in [1.54, 1.807) is 12.0 Å². The van der Waals surface area contributed by atoms with Crippen LogP contribution in [0.2, 0.25) is 0 Å². The molecule has 0 saturated heterocycles. The first-order valence-electron chi connectivity index (χ1n) is 9.51. The summed E-state index contributed by atoms with van der Waals surface area (Å²) in [6.45, 7) is 0. The van der Waals surface area contributed by atoms with Gasteiger partial charge in [0, 0.05) is 23.0 Å². The molecule has 1 aliphatic heterocycles. The number of hydrogen-bond donors (Lipinski definition) is 1. The Bertz CT molecular complexity index is 811. The number of ether oxygens (including phenoxy) is 1. The van der Waals surface area contributed by atoms with Crippen LogP contribution in [-0.4, -0.2) is 36.0 Å². The van der Waals surface area contributed by atoms with Crippen LogP contribution >= 0.6 is 15.9 Å². The average Bonchev–Trinajstić information content (AvgIpc) is 3.38. The third-order valence-corrected chi connectivity index (χ3v) is 7.44. The number of carbonyl (C=O) groups is 1. The van der Waals surface area contributed by atoms with E-state index >= 15 is 0 Å². The molecule has 1 aromatic rings. The van der Waals surface area contributed by atoms with Crippen LogP contribution in [0, 0.1) is 5.41 Å². The van der Waals surface area contributed by atoms with Gasteiger partial charge in [0.15, 0.2) is 11.5 Å². The molecule has 2 fully saturated rings. The molecule has 138 valence electrons. The van der Waals surface area contributed by atoms with Crippen molar-refractivity contribution in [2.24, 2.45) is 16.1 Å². The minimum absolute atomic E-state index is 0.102. The molecule has 0 bridgehead atoms. The van der Waals surface area contributed by atoms with E-state index in [9.17, 15) is 4.79 Å². The summed E-state index contributed by atoms with van der Waals surface area (Å²) in [5.74, 6) is 0.517. The Morgan fingerprint density at radius 1 is 1.27 bits per heavy atom. The fourth-order valence-electron chi connectivity index (χ4n) is 5.49. The summed E-state index contributed by atoms with van der Waals surface area (Å²) in [6.07, 6.45) is 7.07. The van der Waals surface area contributed by atoms with Gasteiger partial charge in [0.1, 0.15) is 0 Å². The van der Waals surface area contributed by atoms with Crippen LogP contribution in [0.15, 0.2) is 27.7 Å². The first kappa shape index (κ1) is 16.8. The molecule has 1 atom stereocenters. The Balaban J connectivity index is 1.66. The van der Waals surface area contributed by atoms with E-state index in [2.05, 4.69) is 34.1 Å². The molecule has 1 heterocycles. The minimum Gasteiger partial charge on any atom is -0.381 e. The largest absolute Gasteiger partial charge is 0.381 e. The number of fused-ring (bicyclic) bond motifs is 3. The van der Waals surface area contributed by atoms with Crippen molar-refractivity contribution in [2.45, 2.75) is 62.6 Å². The number of carbonyl (C=O) groups excluding carboxylic acids is 1. The normalized spacial score (nSPS) is 36.1. The van der Waals surface area contributed by atoms with Crippen molar-refractivity contribution < 1.29 is 9.53 Å². The highest BCUT2D eigenvalue weighted by atomic mass is 79.9. The van der Waals surface area contributed by atoms with Gasteiger partial charge in [-0.3, -0.25) is 9.69 Å². The quantitative estimate of drug-likeness (QED) is 0.803. The van der Waals surface area contributed by atoms with Crippen LogP contribution < -0.4 is 5.73 Å². The highest BCUT2D eigenvalue weighted by Crippen LogP contribution is 2.62. The van der Waals surface area contributed by atoms with Crippen LogP contribution in [0.1, 0.15) is 49.7 Å². The van der Waals surface area contributed by atoms with E-state index in [1.165, 1.54) is 5.56 Å². The number of nitrogens with two attached hydrogens (primary N) is 1. The van der Waals surface area contributed by atoms with Gasteiger partial charge in [-0.25, -0.2) is 4.99 Å². The molecule has 5 rings (SSSR count). The molecule has 5 nitrogen and oxygen atoms in total. The van der Waals surface area contributed by atoms with Gasteiger partial charge in [-0.1, -0.05) is 22.0 Å². The van der Waals surface area contributed by atoms with Crippen molar-refractivity contribution >= 4 is 27.8 Å². The van der Waals surface area contributed by atoms with Gasteiger partial charge in [-0.05, 0) is 68.2 Å². The molecule has 2 saturated carbocycles. The van der Waals surface area contributed by atoms with E-state index in [0.717, 1.165) is 55.0 Å². The lowest BCUT2D eigenvalue weighted by Gasteiger charge is -2.45. The van der Waals surface area contributed by atoms with E-state index in [0.29, 0.717) is 5.96 Å². The van der Waals surface area contributed by atoms with Crippen LogP contribution in [0.25, 0.3) is 0 Å². The van der Waals surface area contributed by atoms with Crippen LogP contribution in [-0.2, 0) is 21.5 Å². The van der Waals surface area contributed by atoms with E-state index < -0.39 is 5.54 Å². The number of hydrogen-bond acceptors (Lipinski definition) is 4. The second-order valence-corrected chi connectivity index (χ2v) is 9.20. The SMILES string of the molecule is COC1CCC2(CC1)Cc1ccc(Br)cc1C21N=C(N)N(C2CC2)C1=O. The number of aliphatic imine (C=N–C) groups is 1. The van der Waals surface area contributed by atoms with Gasteiger partial charge in [0.05, 0.1) is 6.10 Å². The fraction of sp³-hybridized carbons (Fsp3) is 0.600. The Morgan fingerprint density at radius 3 is 2.65 bits per heavy atom. The molecule has 6 heteroatoms. The maximum atomic E-state index is 13.8. The summed E-state index contributed by atoms with van der Waals surface area (Å²) in [7, 11) is 1.78. The van der Waals surface area contributed by atoms with Crippen molar-refractivity contribution in [3.63, 3.8) is 0 Å². The molecule has 2 N–H and O–H groups in total. The van der Waals surface area contributed by atoms with Crippen LogP contribution in [0.5, 0.6) is 0 Å². The van der Waals surface area contributed by atoms with Crippen LogP contribution in [0.3, 0.4) is 0 Å². The summed E-state index contributed by atoms with van der Waals surface area (Å²) >= 11 is 3.60. The third-order valence-electron chi connectivity index (χ3n) is 6.95. The van der Waals surface area contributed by atoms with Gasteiger partial charge in [-0.2, -0.15) is 0 Å². The fourth-order valence-corrected chi connectivity index (χ4v) is 5.86. The summed E-state index contributed by atoms with van der Waals surface area (Å²) < 4.78 is 6.59. The van der Waals surface area contributed by atoms with E-state index in [1.807, 2.05) is 0 Å². The second-order valence-electron chi connectivity index (χ2n) is 8.28. The summed E-state index contributed by atoms with van der Waals surface area (Å²) in [5, 5.41) is 0. The molecule has 0 aromatic heterocycles. The smallest absolute Gasteiger partial charge is 0.262 e. The van der Waals surface area contributed by atoms with Crippen molar-refractivity contribution in [3.05, 3.63) is 33.8 Å². The standard InChI is InChI=1S/C20H24BrN3O2/c1-26-15-6-8-19(9-7-15)11-12-2-3-13(21)10-16(12)20(19)17(25)24(14-4-5-14)18(22)23-20/h2-3,10,14-15H,4-9,11H2,1H3,(H2,22,23). The second kappa shape index (κ2) is 5.55. The molecule has 26 heavy (non-hydrogen) atoms. The lowest BCUT2D eigenvalue weighted by molar-refractivity contribution is -0.138. The topological polar surface area (TPSA) is 67.9 Å². The number of halogens is 1. The molecule has 3 aliphatic carbocycles. The molecule has 1 aromatic carbocycles. The number of amides is 1. The Labute approximate surface area is 162 Å². The molecule has 2 spiro atoms. The first-order chi connectivity index (χ1) is 12.5. The van der Waals surface area contributed by atoms with E-state index in [4.69, 9.17) is 15.5 Å². The zero-order valence-corrected chi connectivity index (χ0v) is 16.6. The van der Waals surface area contributed by atoms with Crippen molar-refractivity contribution in [1.29, 1.82) is 0 Å². The highest BCUT2D eigenvalue weighted by molar-refractivity contribution is 9.10. The Hall–Kier alpha value is -1.40. The third kappa shape index (κ3) is 2.06. The van der Waals surface area contributed by atoms with E-state index in [-0.39, 0.29) is 23.5 Å². The van der Waals surface area contributed by atoms with Gasteiger partial charge < -0.3 is 10.5 Å². The summed E-state index contributed by atoms with van der Waals surface area (Å²) in [5.41, 5.74) is 7.59. The number of guanidine groups is 1. The Morgan fingerprint density at radius 2 is 2.00 bits per heavy atom. The lowest BCUT2D eigenvalue weighted by Crippen LogP contribution is -2.52. The highest BCUT2D eigenvalue weighted by Gasteiger charge is 2.67. The van der Waals surface area contributed by atoms with Gasteiger partial charge in [-0.15, -0.1) is 0 Å². The zero-order chi connectivity index (χ0) is 18.1. The molecule has 4 aliphatic rings. The van der Waals surface area contributed by atoms with Gasteiger partial charge >= 0.3 is 0 Å². The molecule has 1 amide bonds. The van der Waals surface area contributed by atoms with Gasteiger partial charge in [0.2, 0.25) is 0 Å². The zero-order valence-electron chi connectivity index (χ0n) is 15.0. The Kier molecular flexibility index (Phi) is 3.58. The lowest BCUT2D eigenvalue weighted by atomic mass is 9.61. The molecule has 0 radical (unpaired) electrons. The van der Waals surface area contributed by atoms with Crippen molar-refractivity contribution in [3.8, 4) is 0 Å². The minimum atomic E-state index is -0.850. The van der Waals surface area contributed by atoms with Crippen LogP contribution in [0.4, 0.5) is 0 Å². The number of rotatable bonds is 2. The number of methoxy groups -OCH3 is 1.